The second-order valence-corrected chi connectivity index (χ2v) is 5.62. The van der Waals surface area contributed by atoms with Crippen molar-refractivity contribution in [1.29, 1.82) is 0 Å². The fourth-order valence-corrected chi connectivity index (χ4v) is 1.82. The molecule has 1 aliphatic carbocycles. The molecule has 4 N–H and O–H groups in total. The van der Waals surface area contributed by atoms with Crippen LogP contribution in [0, 0.1) is 0 Å². The summed E-state index contributed by atoms with van der Waals surface area (Å²) in [4.78, 5) is 11.5. The van der Waals surface area contributed by atoms with Gasteiger partial charge in [-0.15, -0.1) is 0 Å². The molecule has 5 nitrogen and oxygen atoms in total. The topological polar surface area (TPSA) is 76.4 Å². The monoisotopic (exact) mass is 255 g/mol. The van der Waals surface area contributed by atoms with Gasteiger partial charge in [-0.05, 0) is 33.6 Å². The molecule has 1 atom stereocenters. The van der Waals surface area contributed by atoms with Crippen molar-refractivity contribution in [2.45, 2.75) is 51.3 Å². The van der Waals surface area contributed by atoms with Crippen LogP contribution in [0.25, 0.3) is 0 Å². The first-order valence-corrected chi connectivity index (χ1v) is 6.48. The number of ether oxygens (including phenoxy) is 1. The third-order valence-electron chi connectivity index (χ3n) is 2.66. The summed E-state index contributed by atoms with van der Waals surface area (Å²) in [6.07, 6.45) is 5.98. The van der Waals surface area contributed by atoms with Crippen molar-refractivity contribution in [2.24, 2.45) is 5.73 Å². The van der Waals surface area contributed by atoms with Crippen molar-refractivity contribution >= 4 is 6.09 Å². The summed E-state index contributed by atoms with van der Waals surface area (Å²) < 4.78 is 5.17. The molecule has 0 saturated carbocycles. The highest BCUT2D eigenvalue weighted by atomic mass is 16.6. The van der Waals surface area contributed by atoms with Gasteiger partial charge in [0, 0.05) is 25.2 Å². The lowest BCUT2D eigenvalue weighted by Crippen LogP contribution is -2.49. The van der Waals surface area contributed by atoms with E-state index in [-0.39, 0.29) is 6.04 Å². The molecule has 0 fully saturated rings. The molecular formula is C13H25N3O2. The molecule has 0 saturated heterocycles. The molecule has 0 aromatic carbocycles. The average Bonchev–Trinajstić information content (AvgIpc) is 2.74. The molecule has 0 bridgehead atoms. The summed E-state index contributed by atoms with van der Waals surface area (Å²) in [7, 11) is 0. The summed E-state index contributed by atoms with van der Waals surface area (Å²) in [6, 6.07) is 0.529. The molecule has 5 heteroatoms. The maximum atomic E-state index is 11.5. The van der Waals surface area contributed by atoms with Crippen LogP contribution in [0.1, 0.15) is 33.6 Å². The number of carbonyl (C=O) groups excluding carboxylic acids is 1. The number of hydrogen-bond acceptors (Lipinski definition) is 4. The van der Waals surface area contributed by atoms with Crippen LogP contribution in [0.2, 0.25) is 0 Å². The number of nitrogens with two attached hydrogens (primary N) is 1. The minimum atomic E-state index is -0.467. The zero-order valence-electron chi connectivity index (χ0n) is 11.5. The summed E-state index contributed by atoms with van der Waals surface area (Å²) in [5, 5.41) is 6.17. The molecule has 1 aliphatic rings. The molecule has 0 heterocycles. The van der Waals surface area contributed by atoms with E-state index in [9.17, 15) is 4.79 Å². The predicted octanol–water partition coefficient (Wildman–Crippen LogP) is 1.15. The largest absolute Gasteiger partial charge is 0.444 e. The molecule has 18 heavy (non-hydrogen) atoms. The molecule has 0 spiro atoms. The Hall–Kier alpha value is -1.07. The van der Waals surface area contributed by atoms with Crippen LogP contribution < -0.4 is 16.4 Å². The number of rotatable bonds is 5. The van der Waals surface area contributed by atoms with E-state index in [1.807, 2.05) is 20.8 Å². The number of carbonyl (C=O) groups is 1. The van der Waals surface area contributed by atoms with Crippen molar-refractivity contribution in [1.82, 2.24) is 10.6 Å². The van der Waals surface area contributed by atoms with Crippen LogP contribution in [-0.4, -0.2) is 36.9 Å². The number of hydrogen-bond donors (Lipinski definition) is 3. The predicted molar refractivity (Wildman–Crippen MR) is 72.4 cm³/mol. The summed E-state index contributed by atoms with van der Waals surface area (Å²) in [6.45, 7) is 6.51. The Labute approximate surface area is 109 Å². The fraction of sp³-hybridized carbons (Fsp3) is 0.769. The summed E-state index contributed by atoms with van der Waals surface area (Å²) in [5.74, 6) is 0. The Morgan fingerprint density at radius 1 is 1.44 bits per heavy atom. The van der Waals surface area contributed by atoms with Gasteiger partial charge in [-0.3, -0.25) is 0 Å². The number of alkyl carbamates (subject to hydrolysis) is 1. The average molecular weight is 255 g/mol. The minimum absolute atomic E-state index is 0.0856. The van der Waals surface area contributed by atoms with Gasteiger partial charge in [0.1, 0.15) is 5.60 Å². The molecule has 1 amide bonds. The van der Waals surface area contributed by atoms with Gasteiger partial charge in [-0.25, -0.2) is 4.79 Å². The van der Waals surface area contributed by atoms with Gasteiger partial charge in [0.15, 0.2) is 0 Å². The molecule has 0 radical (unpaired) electrons. The van der Waals surface area contributed by atoms with Crippen molar-refractivity contribution in [3.05, 3.63) is 12.2 Å². The maximum Gasteiger partial charge on any atom is 0.407 e. The van der Waals surface area contributed by atoms with Crippen LogP contribution in [0.3, 0.4) is 0 Å². The van der Waals surface area contributed by atoms with Crippen LogP contribution in [0.5, 0.6) is 0 Å². The maximum absolute atomic E-state index is 11.5. The van der Waals surface area contributed by atoms with Gasteiger partial charge in [0.25, 0.3) is 0 Å². The van der Waals surface area contributed by atoms with Crippen molar-refractivity contribution in [2.75, 3.05) is 13.1 Å². The molecule has 1 unspecified atom stereocenters. The molecule has 0 aliphatic heterocycles. The Morgan fingerprint density at radius 2 is 2.06 bits per heavy atom. The van der Waals surface area contributed by atoms with Crippen molar-refractivity contribution in [3.8, 4) is 0 Å². The quantitative estimate of drug-likeness (QED) is 0.644. The first kappa shape index (κ1) is 15.0. The Bertz CT molecular complexity index is 289. The van der Waals surface area contributed by atoms with Crippen molar-refractivity contribution in [3.63, 3.8) is 0 Å². The van der Waals surface area contributed by atoms with E-state index < -0.39 is 11.7 Å². The third-order valence-corrected chi connectivity index (χ3v) is 2.66. The minimum Gasteiger partial charge on any atom is -0.444 e. The van der Waals surface area contributed by atoms with Gasteiger partial charge < -0.3 is 21.1 Å². The molecular weight excluding hydrogens is 230 g/mol. The number of nitrogens with one attached hydrogen (secondary N) is 2. The molecule has 1 rings (SSSR count). The summed E-state index contributed by atoms with van der Waals surface area (Å²) >= 11 is 0. The smallest absolute Gasteiger partial charge is 0.407 e. The van der Waals surface area contributed by atoms with Gasteiger partial charge in [-0.2, -0.15) is 0 Å². The van der Waals surface area contributed by atoms with E-state index in [0.717, 1.165) is 12.8 Å². The lowest BCUT2D eigenvalue weighted by molar-refractivity contribution is 0.0522. The molecule has 104 valence electrons. The second-order valence-electron chi connectivity index (χ2n) is 5.62. The first-order valence-electron chi connectivity index (χ1n) is 6.48. The van der Waals surface area contributed by atoms with Gasteiger partial charge >= 0.3 is 6.09 Å². The normalized spacial score (nSPS) is 17.8. The Kier molecular flexibility index (Phi) is 5.62. The third kappa shape index (κ3) is 6.02. The SMILES string of the molecule is CC(C)(C)OC(=O)NCC(CN)NC1CC=CC1. The van der Waals surface area contributed by atoms with E-state index in [1.54, 1.807) is 0 Å². The highest BCUT2D eigenvalue weighted by Gasteiger charge is 2.19. The standard InChI is InChI=1S/C13H25N3O2/c1-13(2,3)18-12(17)15-9-11(8-14)16-10-6-4-5-7-10/h4-5,10-11,16H,6-9,14H2,1-3H3,(H,15,17). The van der Waals surface area contributed by atoms with Crippen LogP contribution in [0.4, 0.5) is 4.79 Å². The Morgan fingerprint density at radius 3 is 2.56 bits per heavy atom. The van der Waals surface area contributed by atoms with E-state index in [2.05, 4.69) is 22.8 Å². The van der Waals surface area contributed by atoms with Gasteiger partial charge in [-0.1, -0.05) is 12.2 Å². The fourth-order valence-electron chi connectivity index (χ4n) is 1.82. The highest BCUT2D eigenvalue weighted by Crippen LogP contribution is 2.10. The summed E-state index contributed by atoms with van der Waals surface area (Å²) in [5.41, 5.74) is 5.22. The van der Waals surface area contributed by atoms with Gasteiger partial charge in [0.05, 0.1) is 0 Å². The van der Waals surface area contributed by atoms with Crippen LogP contribution in [-0.2, 0) is 4.74 Å². The number of amides is 1. The Balaban J connectivity index is 2.24. The highest BCUT2D eigenvalue weighted by molar-refractivity contribution is 5.67. The van der Waals surface area contributed by atoms with E-state index >= 15 is 0 Å². The van der Waals surface area contributed by atoms with Crippen molar-refractivity contribution < 1.29 is 9.53 Å². The zero-order chi connectivity index (χ0) is 13.6. The zero-order valence-corrected chi connectivity index (χ0v) is 11.5. The van der Waals surface area contributed by atoms with E-state index in [0.29, 0.717) is 19.1 Å². The second kappa shape index (κ2) is 6.75. The van der Waals surface area contributed by atoms with E-state index in [4.69, 9.17) is 10.5 Å². The lowest BCUT2D eigenvalue weighted by Gasteiger charge is -2.24. The van der Waals surface area contributed by atoms with Gasteiger partial charge in [0.2, 0.25) is 0 Å². The first-order chi connectivity index (χ1) is 8.40. The van der Waals surface area contributed by atoms with Crippen LogP contribution in [0.15, 0.2) is 12.2 Å². The lowest BCUT2D eigenvalue weighted by atomic mass is 10.2. The molecule has 0 aromatic heterocycles. The van der Waals surface area contributed by atoms with Crippen LogP contribution >= 0.6 is 0 Å². The van der Waals surface area contributed by atoms with E-state index in [1.165, 1.54) is 0 Å². The molecule has 0 aromatic rings.